The van der Waals surface area contributed by atoms with E-state index in [0.29, 0.717) is 0 Å². The molecule has 0 saturated carbocycles. The molecule has 0 bridgehead atoms. The Kier molecular flexibility index (Phi) is 4.59. The first-order valence-electron chi connectivity index (χ1n) is 8.60. The van der Waals surface area contributed by atoms with E-state index < -0.39 is 0 Å². The van der Waals surface area contributed by atoms with Gasteiger partial charge in [0.15, 0.2) is 0 Å². The van der Waals surface area contributed by atoms with Gasteiger partial charge in [0.05, 0.1) is 18.9 Å². The van der Waals surface area contributed by atoms with Crippen LogP contribution in [0.4, 0.5) is 0 Å². The van der Waals surface area contributed by atoms with E-state index in [9.17, 15) is 0 Å². The second-order valence-corrected chi connectivity index (χ2v) is 6.48. The lowest BCUT2D eigenvalue weighted by Gasteiger charge is -2.32. The SMILES string of the molecule is Cn1cc([C@H]2CN(Cc3cccc(-c4cccnc4)c3)CCO2)cn1. The number of rotatable bonds is 4. The summed E-state index contributed by atoms with van der Waals surface area (Å²) in [4.78, 5) is 6.66. The highest BCUT2D eigenvalue weighted by Crippen LogP contribution is 2.24. The van der Waals surface area contributed by atoms with Gasteiger partial charge in [0.1, 0.15) is 0 Å². The fourth-order valence-corrected chi connectivity index (χ4v) is 3.30. The molecule has 0 unspecified atom stereocenters. The average Bonchev–Trinajstić information content (AvgIpc) is 3.09. The van der Waals surface area contributed by atoms with Crippen LogP contribution in [0.15, 0.2) is 61.2 Å². The molecule has 5 nitrogen and oxygen atoms in total. The molecule has 0 radical (unpaired) electrons. The number of hydrogen-bond donors (Lipinski definition) is 0. The third-order valence-corrected chi connectivity index (χ3v) is 4.58. The number of nitrogens with zero attached hydrogens (tertiary/aromatic N) is 4. The predicted octanol–water partition coefficient (Wildman–Crippen LogP) is 3.06. The van der Waals surface area contributed by atoms with Crippen LogP contribution in [0.3, 0.4) is 0 Å². The maximum absolute atomic E-state index is 5.94. The molecule has 2 aromatic heterocycles. The number of hydrogen-bond acceptors (Lipinski definition) is 4. The first-order chi connectivity index (χ1) is 12.3. The van der Waals surface area contributed by atoms with Gasteiger partial charge in [-0.05, 0) is 28.8 Å². The van der Waals surface area contributed by atoms with Crippen molar-refractivity contribution in [3.05, 3.63) is 72.3 Å². The van der Waals surface area contributed by atoms with Crippen LogP contribution < -0.4 is 0 Å². The smallest absolute Gasteiger partial charge is 0.0982 e. The molecule has 0 N–H and O–H groups in total. The van der Waals surface area contributed by atoms with E-state index in [4.69, 9.17) is 4.74 Å². The van der Waals surface area contributed by atoms with E-state index >= 15 is 0 Å². The molecule has 3 heterocycles. The Morgan fingerprint density at radius 2 is 2.08 bits per heavy atom. The van der Waals surface area contributed by atoms with Gasteiger partial charge in [-0.1, -0.05) is 24.3 Å². The van der Waals surface area contributed by atoms with Gasteiger partial charge in [-0.2, -0.15) is 5.10 Å². The Morgan fingerprint density at radius 1 is 1.16 bits per heavy atom. The van der Waals surface area contributed by atoms with Crippen molar-refractivity contribution >= 4 is 0 Å². The normalized spacial score (nSPS) is 18.4. The standard InChI is InChI=1S/C20H22N4O/c1-23-14-19(12-22-23)20-15-24(8-9-25-20)13-16-4-2-5-17(10-16)18-6-3-7-21-11-18/h2-7,10-12,14,20H,8-9,13,15H2,1H3/t20-/m1/s1. The Morgan fingerprint density at radius 3 is 2.88 bits per heavy atom. The fourth-order valence-electron chi connectivity index (χ4n) is 3.30. The minimum Gasteiger partial charge on any atom is -0.371 e. The topological polar surface area (TPSA) is 43.2 Å². The minimum absolute atomic E-state index is 0.101. The van der Waals surface area contributed by atoms with Crippen molar-refractivity contribution in [2.75, 3.05) is 19.7 Å². The van der Waals surface area contributed by atoms with Crippen molar-refractivity contribution in [1.29, 1.82) is 0 Å². The van der Waals surface area contributed by atoms with Crippen molar-refractivity contribution in [2.45, 2.75) is 12.6 Å². The van der Waals surface area contributed by atoms with Crippen LogP contribution in [0.5, 0.6) is 0 Å². The third kappa shape index (κ3) is 3.78. The molecular weight excluding hydrogens is 312 g/mol. The number of aromatic nitrogens is 3. The van der Waals surface area contributed by atoms with E-state index in [-0.39, 0.29) is 6.10 Å². The highest BCUT2D eigenvalue weighted by molar-refractivity contribution is 5.62. The molecule has 0 amide bonds. The number of aryl methyl sites for hydroxylation is 1. The number of ether oxygens (including phenoxy) is 1. The van der Waals surface area contributed by atoms with Crippen LogP contribution in [0.25, 0.3) is 11.1 Å². The molecule has 4 rings (SSSR count). The Balaban J connectivity index is 1.47. The fraction of sp³-hybridized carbons (Fsp3) is 0.300. The van der Waals surface area contributed by atoms with Gasteiger partial charge in [-0.15, -0.1) is 0 Å². The molecule has 0 aliphatic carbocycles. The summed E-state index contributed by atoms with van der Waals surface area (Å²) in [5.41, 5.74) is 4.83. The van der Waals surface area contributed by atoms with Gasteiger partial charge >= 0.3 is 0 Å². The highest BCUT2D eigenvalue weighted by atomic mass is 16.5. The number of morpholine rings is 1. The predicted molar refractivity (Wildman–Crippen MR) is 96.9 cm³/mol. The Labute approximate surface area is 147 Å². The lowest BCUT2D eigenvalue weighted by atomic mass is 10.0. The maximum atomic E-state index is 5.94. The lowest BCUT2D eigenvalue weighted by molar-refractivity contribution is -0.0329. The van der Waals surface area contributed by atoms with Gasteiger partial charge in [0.25, 0.3) is 0 Å². The summed E-state index contributed by atoms with van der Waals surface area (Å²) in [5, 5.41) is 4.26. The Bertz CT molecular complexity index is 830. The molecule has 3 aromatic rings. The second-order valence-electron chi connectivity index (χ2n) is 6.48. The van der Waals surface area contributed by atoms with Gasteiger partial charge < -0.3 is 4.74 Å². The van der Waals surface area contributed by atoms with Crippen LogP contribution in [-0.4, -0.2) is 39.4 Å². The van der Waals surface area contributed by atoms with E-state index in [1.165, 1.54) is 11.1 Å². The first-order valence-corrected chi connectivity index (χ1v) is 8.60. The van der Waals surface area contributed by atoms with Crippen molar-refractivity contribution < 1.29 is 4.74 Å². The molecule has 1 aliphatic rings. The van der Waals surface area contributed by atoms with Crippen molar-refractivity contribution in [3.63, 3.8) is 0 Å². The zero-order valence-corrected chi connectivity index (χ0v) is 14.4. The minimum atomic E-state index is 0.101. The summed E-state index contributed by atoms with van der Waals surface area (Å²) in [5.74, 6) is 0. The van der Waals surface area contributed by atoms with Crippen molar-refractivity contribution in [3.8, 4) is 11.1 Å². The van der Waals surface area contributed by atoms with Gasteiger partial charge in [0.2, 0.25) is 0 Å². The van der Waals surface area contributed by atoms with Crippen LogP contribution in [0.1, 0.15) is 17.2 Å². The molecule has 5 heteroatoms. The van der Waals surface area contributed by atoms with E-state index in [2.05, 4.69) is 45.3 Å². The summed E-state index contributed by atoms with van der Waals surface area (Å²) in [6.07, 6.45) is 7.75. The summed E-state index contributed by atoms with van der Waals surface area (Å²) >= 11 is 0. The Hall–Kier alpha value is -2.50. The van der Waals surface area contributed by atoms with Gasteiger partial charge in [0, 0.05) is 50.8 Å². The number of benzene rings is 1. The zero-order chi connectivity index (χ0) is 17.1. The molecule has 25 heavy (non-hydrogen) atoms. The first kappa shape index (κ1) is 16.0. The molecule has 1 saturated heterocycles. The van der Waals surface area contributed by atoms with Crippen LogP contribution in [0, 0.1) is 0 Å². The van der Waals surface area contributed by atoms with Crippen molar-refractivity contribution in [2.24, 2.45) is 7.05 Å². The molecule has 1 atom stereocenters. The molecule has 1 fully saturated rings. The van der Waals surface area contributed by atoms with Crippen molar-refractivity contribution in [1.82, 2.24) is 19.7 Å². The van der Waals surface area contributed by atoms with Crippen LogP contribution in [-0.2, 0) is 18.3 Å². The highest BCUT2D eigenvalue weighted by Gasteiger charge is 2.23. The largest absolute Gasteiger partial charge is 0.371 e. The van der Waals surface area contributed by atoms with Gasteiger partial charge in [-0.3, -0.25) is 14.6 Å². The third-order valence-electron chi connectivity index (χ3n) is 4.58. The molecule has 1 aromatic carbocycles. The van der Waals surface area contributed by atoms with E-state index in [1.807, 2.05) is 36.4 Å². The van der Waals surface area contributed by atoms with Crippen LogP contribution >= 0.6 is 0 Å². The summed E-state index contributed by atoms with van der Waals surface area (Å²) < 4.78 is 7.76. The molecule has 0 spiro atoms. The second kappa shape index (κ2) is 7.17. The molecular formula is C20H22N4O. The summed E-state index contributed by atoms with van der Waals surface area (Å²) in [6.45, 7) is 3.52. The lowest BCUT2D eigenvalue weighted by Crippen LogP contribution is -2.37. The van der Waals surface area contributed by atoms with Gasteiger partial charge in [-0.25, -0.2) is 0 Å². The number of pyridine rings is 1. The summed E-state index contributed by atoms with van der Waals surface area (Å²) in [7, 11) is 1.94. The monoisotopic (exact) mass is 334 g/mol. The molecule has 1 aliphatic heterocycles. The van der Waals surface area contributed by atoms with E-state index in [1.54, 1.807) is 6.20 Å². The van der Waals surface area contributed by atoms with E-state index in [0.717, 1.165) is 37.4 Å². The zero-order valence-electron chi connectivity index (χ0n) is 14.4. The average molecular weight is 334 g/mol. The molecule has 128 valence electrons. The quantitative estimate of drug-likeness (QED) is 0.735. The maximum Gasteiger partial charge on any atom is 0.0982 e. The summed E-state index contributed by atoms with van der Waals surface area (Å²) in [6, 6.07) is 12.8. The van der Waals surface area contributed by atoms with Crippen LogP contribution in [0.2, 0.25) is 0 Å².